The number of halogens is 1. The predicted molar refractivity (Wildman–Crippen MR) is 126 cm³/mol. The minimum atomic E-state index is -0.268. The van der Waals surface area contributed by atoms with E-state index in [2.05, 4.69) is 12.2 Å². The molecule has 1 N–H and O–H groups in total. The van der Waals surface area contributed by atoms with Crippen molar-refractivity contribution >= 4 is 23.2 Å². The van der Waals surface area contributed by atoms with Crippen molar-refractivity contribution in [2.24, 2.45) is 0 Å². The number of allylic oxidation sites excluding steroid dienone is 2. The molecule has 1 aliphatic rings. The fraction of sp³-hybridized carbons (Fsp3) is 0.615. The molecule has 0 unspecified atom stereocenters. The third-order valence-electron chi connectivity index (χ3n) is 5.89. The number of hydrogen-bond acceptors (Lipinski definition) is 3. The second kappa shape index (κ2) is 14.4. The Morgan fingerprint density at radius 3 is 1.60 bits per heavy atom. The van der Waals surface area contributed by atoms with E-state index in [0.29, 0.717) is 17.7 Å². The van der Waals surface area contributed by atoms with Gasteiger partial charge in [-0.1, -0.05) is 126 Å². The van der Waals surface area contributed by atoms with E-state index in [9.17, 15) is 9.59 Å². The van der Waals surface area contributed by atoms with Crippen LogP contribution in [0.4, 0.5) is 0 Å². The lowest BCUT2D eigenvalue weighted by molar-refractivity contribution is 0.0974. The van der Waals surface area contributed by atoms with Crippen LogP contribution in [-0.4, -0.2) is 18.1 Å². The maximum atomic E-state index is 12.6. The number of nitrogens with one attached hydrogen (secondary N) is 1. The average molecular weight is 432 g/mol. The third kappa shape index (κ3) is 7.91. The van der Waals surface area contributed by atoms with Crippen LogP contribution >= 0.6 is 11.6 Å². The summed E-state index contributed by atoms with van der Waals surface area (Å²) in [6.07, 6.45) is 18.4. The van der Waals surface area contributed by atoms with Crippen molar-refractivity contribution in [2.75, 3.05) is 6.54 Å². The van der Waals surface area contributed by atoms with Crippen molar-refractivity contribution in [3.8, 4) is 0 Å². The van der Waals surface area contributed by atoms with Gasteiger partial charge in [-0.25, -0.2) is 0 Å². The van der Waals surface area contributed by atoms with E-state index in [4.69, 9.17) is 11.6 Å². The van der Waals surface area contributed by atoms with Gasteiger partial charge in [0.1, 0.15) is 10.7 Å². The summed E-state index contributed by atoms with van der Waals surface area (Å²) in [7, 11) is 0. The average Bonchev–Trinajstić information content (AvgIpc) is 2.77. The Hall–Kier alpha value is -1.61. The molecule has 0 heterocycles. The molecule has 0 atom stereocenters. The zero-order valence-corrected chi connectivity index (χ0v) is 19.4. The van der Waals surface area contributed by atoms with Gasteiger partial charge in [0.05, 0.1) is 0 Å². The van der Waals surface area contributed by atoms with Gasteiger partial charge in [0.2, 0.25) is 11.6 Å². The molecule has 0 aromatic heterocycles. The normalized spacial score (nSPS) is 13.7. The van der Waals surface area contributed by atoms with Crippen molar-refractivity contribution in [1.82, 2.24) is 5.32 Å². The Bertz CT molecular complexity index is 711. The summed E-state index contributed by atoms with van der Waals surface area (Å²) in [5.41, 5.74) is 1.10. The highest BCUT2D eigenvalue weighted by Gasteiger charge is 2.30. The Balaban J connectivity index is 1.50. The summed E-state index contributed by atoms with van der Waals surface area (Å²) in [6, 6.07) is 6.87. The molecule has 0 saturated heterocycles. The minimum absolute atomic E-state index is 0.0177. The van der Waals surface area contributed by atoms with Crippen LogP contribution in [0.2, 0.25) is 0 Å². The first kappa shape index (κ1) is 24.7. The highest BCUT2D eigenvalue weighted by atomic mass is 35.5. The fourth-order valence-corrected chi connectivity index (χ4v) is 4.29. The molecule has 0 fully saturated rings. The molecule has 0 saturated carbocycles. The van der Waals surface area contributed by atoms with Crippen LogP contribution in [0.1, 0.15) is 118 Å². The molecule has 3 nitrogen and oxygen atoms in total. The Morgan fingerprint density at radius 2 is 1.10 bits per heavy atom. The number of benzene rings is 1. The molecule has 1 aromatic carbocycles. The van der Waals surface area contributed by atoms with Gasteiger partial charge in [-0.15, -0.1) is 0 Å². The van der Waals surface area contributed by atoms with Crippen molar-refractivity contribution in [1.29, 1.82) is 0 Å². The highest BCUT2D eigenvalue weighted by Crippen LogP contribution is 2.27. The van der Waals surface area contributed by atoms with E-state index in [1.165, 1.54) is 77.0 Å². The monoisotopic (exact) mass is 431 g/mol. The van der Waals surface area contributed by atoms with Gasteiger partial charge in [0.25, 0.3) is 0 Å². The maximum Gasteiger partial charge on any atom is 0.211 e. The number of hydrogen-bond donors (Lipinski definition) is 1. The standard InChI is InChI=1S/C26H38ClNO2/c1-2-3-4-5-6-7-8-9-10-11-12-13-14-17-20-28-24-23(27)25(29)21-18-15-16-19-22(21)26(24)30/h15-16,18-19,28H,2-14,17,20H2,1H3. The molecule has 0 aliphatic heterocycles. The van der Waals surface area contributed by atoms with E-state index in [0.717, 1.165) is 12.8 Å². The lowest BCUT2D eigenvalue weighted by atomic mass is 9.92. The van der Waals surface area contributed by atoms with Crippen molar-refractivity contribution in [2.45, 2.75) is 96.8 Å². The first-order valence-corrected chi connectivity index (χ1v) is 12.4. The second-order valence-corrected chi connectivity index (χ2v) is 8.79. The number of Topliss-reactive ketones (excluding diaryl/α,β-unsaturated/α-hetero) is 2. The summed E-state index contributed by atoms with van der Waals surface area (Å²) >= 11 is 6.17. The van der Waals surface area contributed by atoms with Gasteiger partial charge in [-0.05, 0) is 6.42 Å². The lowest BCUT2D eigenvalue weighted by Gasteiger charge is -2.18. The Kier molecular flexibility index (Phi) is 11.8. The van der Waals surface area contributed by atoms with Crippen LogP contribution in [-0.2, 0) is 0 Å². The van der Waals surface area contributed by atoms with Crippen LogP contribution in [0.3, 0.4) is 0 Å². The first-order valence-electron chi connectivity index (χ1n) is 12.0. The number of carbonyl (C=O) groups excluding carboxylic acids is 2. The third-order valence-corrected chi connectivity index (χ3v) is 6.25. The van der Waals surface area contributed by atoms with Crippen LogP contribution in [0.15, 0.2) is 35.0 Å². The molecule has 30 heavy (non-hydrogen) atoms. The maximum absolute atomic E-state index is 12.6. The van der Waals surface area contributed by atoms with E-state index in [1.54, 1.807) is 24.3 Å². The number of fused-ring (bicyclic) bond motifs is 1. The summed E-state index contributed by atoms with van der Waals surface area (Å²) in [5, 5.41) is 3.13. The summed E-state index contributed by atoms with van der Waals surface area (Å²) in [6.45, 7) is 2.94. The van der Waals surface area contributed by atoms with Gasteiger partial charge >= 0.3 is 0 Å². The quantitative estimate of drug-likeness (QED) is 0.274. The summed E-state index contributed by atoms with van der Waals surface area (Å²) in [4.78, 5) is 24.9. The Morgan fingerprint density at radius 1 is 0.667 bits per heavy atom. The van der Waals surface area contributed by atoms with Crippen molar-refractivity contribution in [3.05, 3.63) is 46.1 Å². The molecular formula is C26H38ClNO2. The number of rotatable bonds is 16. The van der Waals surface area contributed by atoms with Crippen molar-refractivity contribution < 1.29 is 9.59 Å². The second-order valence-electron chi connectivity index (χ2n) is 8.42. The number of unbranched alkanes of at least 4 members (excludes halogenated alkanes) is 13. The first-order chi connectivity index (χ1) is 14.7. The molecule has 0 bridgehead atoms. The molecular weight excluding hydrogens is 394 g/mol. The molecule has 0 amide bonds. The molecule has 2 rings (SSSR count). The minimum Gasteiger partial charge on any atom is -0.381 e. The van der Waals surface area contributed by atoms with Gasteiger partial charge in [-0.2, -0.15) is 0 Å². The lowest BCUT2D eigenvalue weighted by Crippen LogP contribution is -2.29. The molecule has 1 aliphatic carbocycles. The fourth-order valence-electron chi connectivity index (χ4n) is 4.04. The molecule has 0 spiro atoms. The topological polar surface area (TPSA) is 46.2 Å². The molecule has 4 heteroatoms. The van der Waals surface area contributed by atoms with Crippen LogP contribution in [0, 0.1) is 0 Å². The van der Waals surface area contributed by atoms with Crippen molar-refractivity contribution in [3.63, 3.8) is 0 Å². The predicted octanol–water partition coefficient (Wildman–Crippen LogP) is 7.59. The van der Waals surface area contributed by atoms with Gasteiger partial charge in [0, 0.05) is 17.7 Å². The van der Waals surface area contributed by atoms with E-state index in [1.807, 2.05) is 0 Å². The SMILES string of the molecule is CCCCCCCCCCCCCCCCNC1=C(Cl)C(=O)c2ccccc2C1=O. The molecule has 0 radical (unpaired) electrons. The van der Waals surface area contributed by atoms with Crippen LogP contribution in [0.25, 0.3) is 0 Å². The van der Waals surface area contributed by atoms with E-state index < -0.39 is 0 Å². The molecule has 166 valence electrons. The number of ketones is 2. The van der Waals surface area contributed by atoms with Gasteiger partial charge < -0.3 is 5.32 Å². The zero-order valence-electron chi connectivity index (χ0n) is 18.6. The largest absolute Gasteiger partial charge is 0.381 e. The smallest absolute Gasteiger partial charge is 0.211 e. The van der Waals surface area contributed by atoms with E-state index in [-0.39, 0.29) is 22.3 Å². The zero-order chi connectivity index (χ0) is 21.6. The van der Waals surface area contributed by atoms with Crippen LogP contribution < -0.4 is 5.32 Å². The number of carbonyl (C=O) groups is 2. The summed E-state index contributed by atoms with van der Waals surface area (Å²) in [5.74, 6) is -0.448. The highest BCUT2D eigenvalue weighted by molar-refractivity contribution is 6.49. The molecule has 1 aromatic rings. The van der Waals surface area contributed by atoms with Crippen LogP contribution in [0.5, 0.6) is 0 Å². The van der Waals surface area contributed by atoms with E-state index >= 15 is 0 Å². The Labute approximate surface area is 187 Å². The van der Waals surface area contributed by atoms with Gasteiger partial charge in [0.15, 0.2) is 0 Å². The summed E-state index contributed by atoms with van der Waals surface area (Å²) < 4.78 is 0. The van der Waals surface area contributed by atoms with Gasteiger partial charge in [-0.3, -0.25) is 9.59 Å².